The Hall–Kier alpha value is -3.72. The highest BCUT2D eigenvalue weighted by molar-refractivity contribution is 6.04. The fraction of sp³-hybridized carbons (Fsp3) is 0.333. The van der Waals surface area contributed by atoms with Crippen LogP contribution in [0.1, 0.15) is 41.6 Å². The molecule has 9 nitrogen and oxygen atoms in total. The molecule has 1 aromatic carbocycles. The van der Waals surface area contributed by atoms with Gasteiger partial charge < -0.3 is 19.6 Å². The van der Waals surface area contributed by atoms with Gasteiger partial charge in [-0.15, -0.1) is 0 Å². The van der Waals surface area contributed by atoms with Crippen LogP contribution in [-0.2, 0) is 13.6 Å². The molecule has 0 radical (unpaired) electrons. The number of hydrogen-bond donors (Lipinski definition) is 2. The first-order chi connectivity index (χ1) is 16.0. The average molecular weight is 447 g/mol. The monoisotopic (exact) mass is 446 g/mol. The smallest absolute Gasteiger partial charge is 0.277 e. The van der Waals surface area contributed by atoms with Gasteiger partial charge in [-0.25, -0.2) is 9.67 Å². The van der Waals surface area contributed by atoms with Gasteiger partial charge in [-0.2, -0.15) is 5.10 Å². The maximum Gasteiger partial charge on any atom is 0.277 e. The summed E-state index contributed by atoms with van der Waals surface area (Å²) in [6, 6.07) is 9.32. The third-order valence-electron chi connectivity index (χ3n) is 6.29. The summed E-state index contributed by atoms with van der Waals surface area (Å²) in [4.78, 5) is 30.7. The van der Waals surface area contributed by atoms with E-state index in [4.69, 9.17) is 0 Å². The molecule has 1 aliphatic rings. The molecule has 2 N–H and O–H groups in total. The molecule has 3 aromatic heterocycles. The summed E-state index contributed by atoms with van der Waals surface area (Å²) in [6.07, 6.45) is 9.49. The van der Waals surface area contributed by atoms with E-state index in [9.17, 15) is 14.7 Å². The van der Waals surface area contributed by atoms with E-state index in [0.717, 1.165) is 30.5 Å². The summed E-state index contributed by atoms with van der Waals surface area (Å²) < 4.78 is 4.94. The first-order valence-corrected chi connectivity index (χ1v) is 11.1. The summed E-state index contributed by atoms with van der Waals surface area (Å²) in [5, 5.41) is 17.5. The lowest BCUT2D eigenvalue weighted by Crippen LogP contribution is -2.45. The molecular formula is C24H26N6O3. The maximum absolute atomic E-state index is 13.2. The zero-order valence-electron chi connectivity index (χ0n) is 18.4. The van der Waals surface area contributed by atoms with Gasteiger partial charge in [0.1, 0.15) is 11.0 Å². The number of aromatic nitrogens is 5. The molecule has 1 fully saturated rings. The Bertz CT molecular complexity index is 1340. The number of rotatable bonds is 5. The van der Waals surface area contributed by atoms with Crippen LogP contribution in [-0.4, -0.2) is 47.1 Å². The van der Waals surface area contributed by atoms with Gasteiger partial charge in [0.05, 0.1) is 36.3 Å². The number of aryl methyl sites for hydroxylation is 1. The summed E-state index contributed by atoms with van der Waals surface area (Å²) in [5.74, 6) is -0.326. The largest absolute Gasteiger partial charge is 0.391 e. The van der Waals surface area contributed by atoms with Crippen molar-refractivity contribution in [1.29, 1.82) is 0 Å². The Morgan fingerprint density at radius 2 is 2.00 bits per heavy atom. The van der Waals surface area contributed by atoms with Crippen molar-refractivity contribution in [2.75, 3.05) is 0 Å². The number of hydrogen-bond acceptors (Lipinski definition) is 5. The first-order valence-electron chi connectivity index (χ1n) is 11.1. The van der Waals surface area contributed by atoms with Gasteiger partial charge in [-0.3, -0.25) is 9.59 Å². The summed E-state index contributed by atoms with van der Waals surface area (Å²) in [6.45, 7) is 0.311. The number of pyridine rings is 1. The van der Waals surface area contributed by atoms with E-state index in [2.05, 4.69) is 15.4 Å². The number of carbonyl (C=O) groups is 1. The molecular weight excluding hydrogens is 420 g/mol. The van der Waals surface area contributed by atoms with Crippen LogP contribution < -0.4 is 10.9 Å². The Balaban J connectivity index is 1.47. The highest BCUT2D eigenvalue weighted by atomic mass is 16.3. The van der Waals surface area contributed by atoms with Crippen molar-refractivity contribution < 1.29 is 9.90 Å². The normalized spacial score (nSPS) is 18.5. The summed E-state index contributed by atoms with van der Waals surface area (Å²) in [7, 11) is 1.74. The average Bonchev–Trinajstić information content (AvgIpc) is 3.48. The van der Waals surface area contributed by atoms with Gasteiger partial charge >= 0.3 is 0 Å². The van der Waals surface area contributed by atoms with Crippen LogP contribution in [0, 0.1) is 0 Å². The Morgan fingerprint density at radius 3 is 2.73 bits per heavy atom. The molecule has 0 spiro atoms. The number of aliphatic hydroxyl groups excluding tert-OH is 1. The molecule has 170 valence electrons. The molecule has 9 heteroatoms. The van der Waals surface area contributed by atoms with E-state index < -0.39 is 6.10 Å². The lowest BCUT2D eigenvalue weighted by Gasteiger charge is -2.28. The van der Waals surface area contributed by atoms with Gasteiger partial charge in [0.25, 0.3) is 11.5 Å². The van der Waals surface area contributed by atoms with Gasteiger partial charge in [0.15, 0.2) is 0 Å². The molecule has 1 amide bonds. The second-order valence-corrected chi connectivity index (χ2v) is 8.58. The second-order valence-electron chi connectivity index (χ2n) is 8.58. The highest BCUT2D eigenvalue weighted by Gasteiger charge is 2.27. The standard InChI is InChI=1S/C24H26N6O3/c1-28-15-25-21-18(23(32)27-19-5-2-3-6-20(19)31)14-29(24(33)22(21)28)13-16-7-9-17(10-8-16)30-12-4-11-26-30/h4,7-12,14-15,19-20,31H,2-3,5-6,13H2,1H3,(H,27,32)/t19-,20-/m0/s1. The number of carbonyl (C=O) groups excluding carboxylic acids is 1. The molecule has 0 aliphatic heterocycles. The lowest BCUT2D eigenvalue weighted by atomic mass is 9.92. The molecule has 1 saturated carbocycles. The number of amides is 1. The van der Waals surface area contributed by atoms with Crippen molar-refractivity contribution in [2.24, 2.45) is 7.05 Å². The fourth-order valence-corrected chi connectivity index (χ4v) is 4.47. The first kappa shape index (κ1) is 21.1. The molecule has 33 heavy (non-hydrogen) atoms. The molecule has 0 unspecified atom stereocenters. The molecule has 3 heterocycles. The summed E-state index contributed by atoms with van der Waals surface area (Å²) in [5.41, 5.74) is 2.70. The number of benzene rings is 1. The Labute approximate surface area is 190 Å². The van der Waals surface area contributed by atoms with Crippen molar-refractivity contribution in [2.45, 2.75) is 44.4 Å². The lowest BCUT2D eigenvalue weighted by molar-refractivity contribution is 0.0718. The predicted molar refractivity (Wildman–Crippen MR) is 123 cm³/mol. The van der Waals surface area contributed by atoms with E-state index in [1.165, 1.54) is 0 Å². The van der Waals surface area contributed by atoms with Gasteiger partial charge in [-0.05, 0) is 36.6 Å². The minimum atomic E-state index is -0.555. The van der Waals surface area contributed by atoms with Crippen molar-refractivity contribution in [1.82, 2.24) is 29.2 Å². The number of aliphatic hydroxyl groups is 1. The van der Waals surface area contributed by atoms with Crippen molar-refractivity contribution in [3.63, 3.8) is 0 Å². The molecule has 0 bridgehead atoms. The van der Waals surface area contributed by atoms with E-state index >= 15 is 0 Å². The summed E-state index contributed by atoms with van der Waals surface area (Å²) >= 11 is 0. The van der Waals surface area contributed by atoms with Crippen LogP contribution in [0.5, 0.6) is 0 Å². The molecule has 1 aliphatic carbocycles. The van der Waals surface area contributed by atoms with E-state index in [0.29, 0.717) is 29.6 Å². The van der Waals surface area contributed by atoms with Crippen LogP contribution in [0.25, 0.3) is 16.7 Å². The van der Waals surface area contributed by atoms with E-state index in [1.54, 1.807) is 39.6 Å². The Morgan fingerprint density at radius 1 is 1.21 bits per heavy atom. The number of imidazole rings is 1. The topological polar surface area (TPSA) is 107 Å². The minimum absolute atomic E-state index is 0.213. The zero-order chi connectivity index (χ0) is 22.9. The number of fused-ring (bicyclic) bond motifs is 1. The third-order valence-corrected chi connectivity index (χ3v) is 6.29. The number of nitrogens with zero attached hydrogens (tertiary/aromatic N) is 5. The predicted octanol–water partition coefficient (Wildman–Crippen LogP) is 2.00. The van der Waals surface area contributed by atoms with Crippen molar-refractivity contribution in [3.05, 3.63) is 76.7 Å². The van der Waals surface area contributed by atoms with E-state index in [-0.39, 0.29) is 17.5 Å². The van der Waals surface area contributed by atoms with Gasteiger partial charge in [-0.1, -0.05) is 25.0 Å². The van der Waals surface area contributed by atoms with Crippen molar-refractivity contribution in [3.8, 4) is 5.69 Å². The third kappa shape index (κ3) is 4.07. The minimum Gasteiger partial charge on any atom is -0.391 e. The molecule has 5 rings (SSSR count). The quantitative estimate of drug-likeness (QED) is 0.488. The highest BCUT2D eigenvalue weighted by Crippen LogP contribution is 2.20. The van der Waals surface area contributed by atoms with Crippen molar-refractivity contribution >= 4 is 16.9 Å². The van der Waals surface area contributed by atoms with Crippen LogP contribution in [0.15, 0.2) is 60.0 Å². The number of nitrogens with one attached hydrogen (secondary N) is 1. The van der Waals surface area contributed by atoms with Crippen LogP contribution >= 0.6 is 0 Å². The van der Waals surface area contributed by atoms with Crippen LogP contribution in [0.4, 0.5) is 0 Å². The Kier molecular flexibility index (Phi) is 5.55. The SMILES string of the molecule is Cn1cnc2c(C(=O)N[C@H]3CCCC[C@@H]3O)cn(Cc3ccc(-n4cccn4)cc3)c(=O)c21. The fourth-order valence-electron chi connectivity index (χ4n) is 4.47. The van der Waals surface area contributed by atoms with Crippen LogP contribution in [0.3, 0.4) is 0 Å². The zero-order valence-corrected chi connectivity index (χ0v) is 18.4. The molecule has 2 atom stereocenters. The van der Waals surface area contributed by atoms with Crippen LogP contribution in [0.2, 0.25) is 0 Å². The maximum atomic E-state index is 13.2. The molecule has 4 aromatic rings. The molecule has 0 saturated heterocycles. The second kappa shape index (κ2) is 8.67. The van der Waals surface area contributed by atoms with Gasteiger partial charge in [0, 0.05) is 25.6 Å². The van der Waals surface area contributed by atoms with Gasteiger partial charge in [0.2, 0.25) is 0 Å². The van der Waals surface area contributed by atoms with E-state index in [1.807, 2.05) is 36.5 Å².